The van der Waals surface area contributed by atoms with E-state index in [1.165, 1.54) is 18.2 Å². The Morgan fingerprint density at radius 2 is 2.29 bits per heavy atom. The van der Waals surface area contributed by atoms with E-state index in [2.05, 4.69) is 11.9 Å². The van der Waals surface area contributed by atoms with E-state index in [0.717, 1.165) is 0 Å². The quantitative estimate of drug-likeness (QED) is 0.367. The highest BCUT2D eigenvalue weighted by atomic mass is 16.6. The highest BCUT2D eigenvalue weighted by molar-refractivity contribution is 5.95. The molecule has 17 heavy (non-hydrogen) atoms. The Balaban J connectivity index is 2.81. The molecule has 0 aromatic heterocycles. The van der Waals surface area contributed by atoms with Gasteiger partial charge in [0.15, 0.2) is 0 Å². The third-order valence-electron chi connectivity index (χ3n) is 2.30. The number of nitro groups is 1. The van der Waals surface area contributed by atoms with Crippen LogP contribution in [0.1, 0.15) is 22.3 Å². The summed E-state index contributed by atoms with van der Waals surface area (Å²) in [6.45, 7) is 5.74. The van der Waals surface area contributed by atoms with Crippen molar-refractivity contribution in [1.82, 2.24) is 5.32 Å². The smallest absolute Gasteiger partial charge is 0.269 e. The standard InChI is InChI=1S/C12H14N2O3/c1-3-4-7-13-12(15)11-6-5-10(14(16)17)8-9(11)2/h3,5-6,8H,1,4,7H2,2H3,(H,13,15). The van der Waals surface area contributed by atoms with Crippen LogP contribution in [-0.2, 0) is 0 Å². The number of rotatable bonds is 5. The number of benzene rings is 1. The zero-order chi connectivity index (χ0) is 12.8. The summed E-state index contributed by atoms with van der Waals surface area (Å²) >= 11 is 0. The molecule has 0 bridgehead atoms. The fraction of sp³-hybridized carbons (Fsp3) is 0.250. The van der Waals surface area contributed by atoms with Crippen molar-refractivity contribution >= 4 is 11.6 Å². The maximum atomic E-state index is 11.7. The summed E-state index contributed by atoms with van der Waals surface area (Å²) in [7, 11) is 0. The largest absolute Gasteiger partial charge is 0.352 e. The molecule has 5 heteroatoms. The summed E-state index contributed by atoms with van der Waals surface area (Å²) in [4.78, 5) is 21.8. The van der Waals surface area contributed by atoms with Crippen LogP contribution in [0.2, 0.25) is 0 Å². The first kappa shape index (κ1) is 12.9. The lowest BCUT2D eigenvalue weighted by molar-refractivity contribution is -0.384. The van der Waals surface area contributed by atoms with Gasteiger partial charge in [-0.05, 0) is 25.0 Å². The van der Waals surface area contributed by atoms with Crippen molar-refractivity contribution in [2.75, 3.05) is 6.54 Å². The van der Waals surface area contributed by atoms with Gasteiger partial charge in [0, 0.05) is 24.2 Å². The Labute approximate surface area is 99.3 Å². The van der Waals surface area contributed by atoms with Crippen molar-refractivity contribution in [2.45, 2.75) is 13.3 Å². The van der Waals surface area contributed by atoms with E-state index in [1.807, 2.05) is 0 Å². The molecule has 1 aromatic carbocycles. The Morgan fingerprint density at radius 1 is 1.59 bits per heavy atom. The first-order chi connectivity index (χ1) is 8.06. The number of amides is 1. The van der Waals surface area contributed by atoms with Gasteiger partial charge in [0.25, 0.3) is 11.6 Å². The molecule has 1 amide bonds. The van der Waals surface area contributed by atoms with Gasteiger partial charge in [-0.15, -0.1) is 6.58 Å². The minimum Gasteiger partial charge on any atom is -0.352 e. The molecule has 0 atom stereocenters. The first-order valence-electron chi connectivity index (χ1n) is 5.20. The van der Waals surface area contributed by atoms with Crippen molar-refractivity contribution in [1.29, 1.82) is 0 Å². The molecule has 0 radical (unpaired) electrons. The predicted octanol–water partition coefficient (Wildman–Crippen LogP) is 2.21. The van der Waals surface area contributed by atoms with Crippen molar-refractivity contribution in [3.8, 4) is 0 Å². The summed E-state index contributed by atoms with van der Waals surface area (Å²) < 4.78 is 0. The lowest BCUT2D eigenvalue weighted by Crippen LogP contribution is -2.24. The Hall–Kier alpha value is -2.17. The van der Waals surface area contributed by atoms with Crippen LogP contribution < -0.4 is 5.32 Å². The average molecular weight is 234 g/mol. The number of non-ortho nitro benzene ring substituents is 1. The van der Waals surface area contributed by atoms with Crippen LogP contribution >= 0.6 is 0 Å². The van der Waals surface area contributed by atoms with Crippen LogP contribution in [0.3, 0.4) is 0 Å². The molecule has 5 nitrogen and oxygen atoms in total. The fourth-order valence-electron chi connectivity index (χ4n) is 1.40. The van der Waals surface area contributed by atoms with Crippen molar-refractivity contribution in [3.05, 3.63) is 52.1 Å². The second-order valence-corrected chi connectivity index (χ2v) is 3.59. The number of carbonyl (C=O) groups is 1. The second kappa shape index (κ2) is 5.79. The van der Waals surface area contributed by atoms with Crippen molar-refractivity contribution in [3.63, 3.8) is 0 Å². The van der Waals surface area contributed by atoms with Crippen LogP contribution in [0.5, 0.6) is 0 Å². The molecule has 1 N–H and O–H groups in total. The predicted molar refractivity (Wildman–Crippen MR) is 65.0 cm³/mol. The molecular formula is C12H14N2O3. The van der Waals surface area contributed by atoms with E-state index in [9.17, 15) is 14.9 Å². The van der Waals surface area contributed by atoms with Crippen molar-refractivity contribution < 1.29 is 9.72 Å². The van der Waals surface area contributed by atoms with Gasteiger partial charge in [-0.1, -0.05) is 6.08 Å². The van der Waals surface area contributed by atoms with E-state index in [1.54, 1.807) is 13.0 Å². The Kier molecular flexibility index (Phi) is 4.39. The minimum absolute atomic E-state index is 0.00913. The number of nitro benzene ring substituents is 1. The van der Waals surface area contributed by atoms with Gasteiger partial charge in [0.05, 0.1) is 4.92 Å². The molecule has 0 fully saturated rings. The van der Waals surface area contributed by atoms with Gasteiger partial charge < -0.3 is 5.32 Å². The van der Waals surface area contributed by atoms with Gasteiger partial charge in [-0.2, -0.15) is 0 Å². The van der Waals surface area contributed by atoms with Crippen LogP contribution in [0.15, 0.2) is 30.9 Å². The molecule has 0 spiro atoms. The summed E-state index contributed by atoms with van der Waals surface area (Å²) in [5.41, 5.74) is 1.04. The van der Waals surface area contributed by atoms with Gasteiger partial charge in [-0.25, -0.2) is 0 Å². The van der Waals surface area contributed by atoms with Gasteiger partial charge in [0.1, 0.15) is 0 Å². The molecular weight excluding hydrogens is 220 g/mol. The van der Waals surface area contributed by atoms with Gasteiger partial charge >= 0.3 is 0 Å². The third-order valence-corrected chi connectivity index (χ3v) is 2.30. The van der Waals surface area contributed by atoms with Crippen LogP contribution in [0.4, 0.5) is 5.69 Å². The van der Waals surface area contributed by atoms with E-state index >= 15 is 0 Å². The number of nitrogens with one attached hydrogen (secondary N) is 1. The summed E-state index contributed by atoms with van der Waals surface area (Å²) in [5, 5.41) is 13.2. The second-order valence-electron chi connectivity index (χ2n) is 3.59. The minimum atomic E-state index is -0.480. The summed E-state index contributed by atoms with van der Waals surface area (Å²) in [6.07, 6.45) is 2.40. The number of hydrogen-bond acceptors (Lipinski definition) is 3. The average Bonchev–Trinajstić information content (AvgIpc) is 2.28. The topological polar surface area (TPSA) is 72.2 Å². The summed E-state index contributed by atoms with van der Waals surface area (Å²) in [5.74, 6) is -0.223. The SMILES string of the molecule is C=CCCNC(=O)c1ccc([N+](=O)[O-])cc1C. The van der Waals surface area contributed by atoms with E-state index in [-0.39, 0.29) is 11.6 Å². The number of nitrogens with zero attached hydrogens (tertiary/aromatic N) is 1. The van der Waals surface area contributed by atoms with E-state index in [4.69, 9.17) is 0 Å². The molecule has 1 aromatic rings. The molecule has 0 saturated carbocycles. The van der Waals surface area contributed by atoms with Gasteiger partial charge in [-0.3, -0.25) is 14.9 Å². The molecule has 0 aliphatic heterocycles. The van der Waals surface area contributed by atoms with Crippen LogP contribution in [-0.4, -0.2) is 17.4 Å². The highest BCUT2D eigenvalue weighted by Crippen LogP contribution is 2.16. The number of hydrogen-bond donors (Lipinski definition) is 1. The van der Waals surface area contributed by atoms with Crippen LogP contribution in [0, 0.1) is 17.0 Å². The maximum absolute atomic E-state index is 11.7. The van der Waals surface area contributed by atoms with Crippen LogP contribution in [0.25, 0.3) is 0 Å². The lowest BCUT2D eigenvalue weighted by Gasteiger charge is -2.06. The molecule has 0 aliphatic rings. The zero-order valence-electron chi connectivity index (χ0n) is 9.60. The monoisotopic (exact) mass is 234 g/mol. The molecule has 0 saturated heterocycles. The Bertz CT molecular complexity index is 455. The fourth-order valence-corrected chi connectivity index (χ4v) is 1.40. The molecule has 0 heterocycles. The molecule has 1 rings (SSSR count). The van der Waals surface area contributed by atoms with E-state index < -0.39 is 4.92 Å². The maximum Gasteiger partial charge on any atom is 0.269 e. The first-order valence-corrected chi connectivity index (χ1v) is 5.20. The third kappa shape index (κ3) is 3.41. The lowest BCUT2D eigenvalue weighted by atomic mass is 10.1. The molecule has 0 unspecified atom stereocenters. The molecule has 0 aliphatic carbocycles. The summed E-state index contributed by atoms with van der Waals surface area (Å²) in [6, 6.07) is 4.19. The van der Waals surface area contributed by atoms with Crippen molar-refractivity contribution in [2.24, 2.45) is 0 Å². The molecule has 90 valence electrons. The Morgan fingerprint density at radius 3 is 2.82 bits per heavy atom. The normalized spacial score (nSPS) is 9.71. The highest BCUT2D eigenvalue weighted by Gasteiger charge is 2.12. The van der Waals surface area contributed by atoms with Gasteiger partial charge in [0.2, 0.25) is 0 Å². The zero-order valence-corrected chi connectivity index (χ0v) is 9.60. The number of carbonyl (C=O) groups excluding carboxylic acids is 1. The number of aryl methyl sites for hydroxylation is 1. The van der Waals surface area contributed by atoms with E-state index in [0.29, 0.717) is 24.1 Å².